The van der Waals surface area contributed by atoms with Gasteiger partial charge in [0, 0.05) is 13.1 Å². The molecule has 1 atom stereocenters. The monoisotopic (exact) mass is 297 g/mol. The Kier molecular flexibility index (Phi) is 5.01. The summed E-state index contributed by atoms with van der Waals surface area (Å²) in [4.78, 5) is 2.56. The molecule has 0 spiro atoms. The predicted octanol–water partition coefficient (Wildman–Crippen LogP) is 1.03. The minimum Gasteiger partial charge on any atom is -0.370 e. The first-order valence-electron chi connectivity index (χ1n) is 7.00. The fraction of sp³-hybridized carbons (Fsp3) is 0.571. The second kappa shape index (κ2) is 6.56. The van der Waals surface area contributed by atoms with Gasteiger partial charge in [0.15, 0.2) is 0 Å². The molecule has 0 amide bonds. The van der Waals surface area contributed by atoms with E-state index in [1.165, 1.54) is 13.5 Å². The van der Waals surface area contributed by atoms with Crippen LogP contribution in [0.1, 0.15) is 12.8 Å². The highest BCUT2D eigenvalue weighted by Gasteiger charge is 2.24. The number of nitrogens with zero attached hydrogens (tertiary/aromatic N) is 1. The van der Waals surface area contributed by atoms with Crippen molar-refractivity contribution in [3.63, 3.8) is 0 Å². The molecule has 0 aliphatic carbocycles. The van der Waals surface area contributed by atoms with Crippen LogP contribution >= 0.6 is 0 Å². The quantitative estimate of drug-likeness (QED) is 0.852. The second-order valence-corrected chi connectivity index (χ2v) is 7.04. The minimum atomic E-state index is -3.42. The fourth-order valence-corrected chi connectivity index (χ4v) is 3.74. The van der Waals surface area contributed by atoms with Crippen LogP contribution in [0.15, 0.2) is 29.2 Å². The van der Waals surface area contributed by atoms with E-state index in [4.69, 9.17) is 0 Å². The molecule has 0 saturated carbocycles. The van der Waals surface area contributed by atoms with Gasteiger partial charge >= 0.3 is 0 Å². The Hall–Kier alpha value is -1.11. The molecule has 0 aromatic heterocycles. The van der Waals surface area contributed by atoms with Crippen molar-refractivity contribution in [2.75, 3.05) is 38.6 Å². The number of rotatable bonds is 5. The van der Waals surface area contributed by atoms with E-state index in [2.05, 4.69) is 14.9 Å². The average molecular weight is 297 g/mol. The molecule has 20 heavy (non-hydrogen) atoms. The molecule has 1 fully saturated rings. The molecule has 1 saturated heterocycles. The van der Waals surface area contributed by atoms with Crippen LogP contribution in [-0.4, -0.2) is 42.1 Å². The minimum absolute atomic E-state index is 0.368. The molecule has 1 heterocycles. The zero-order valence-corrected chi connectivity index (χ0v) is 12.9. The van der Waals surface area contributed by atoms with Gasteiger partial charge in [-0.15, -0.1) is 0 Å². The van der Waals surface area contributed by atoms with Gasteiger partial charge in [0.1, 0.15) is 4.90 Å². The molecule has 1 aromatic carbocycles. The maximum atomic E-state index is 12.1. The number of nitrogens with one attached hydrogen (secondary N) is 2. The lowest BCUT2D eigenvalue weighted by Crippen LogP contribution is -2.40. The lowest BCUT2D eigenvalue weighted by Gasteiger charge is -2.35. The first-order chi connectivity index (χ1) is 9.58. The number of benzene rings is 1. The lowest BCUT2D eigenvalue weighted by atomic mass is 9.97. The standard InChI is InChI=1S/C14H23N3O2S/c1-15-10-12-6-5-9-17(11-12)13-7-3-4-8-14(13)20(18,19)16-2/h3-4,7-8,12,15-16H,5-6,9-11H2,1-2H3. The van der Waals surface area contributed by atoms with Crippen LogP contribution in [0.25, 0.3) is 0 Å². The molecule has 5 nitrogen and oxygen atoms in total. The SMILES string of the molecule is CNCC1CCCN(c2ccccc2S(=O)(=O)NC)C1. The number of piperidine rings is 1. The molecule has 2 N–H and O–H groups in total. The zero-order valence-electron chi connectivity index (χ0n) is 12.1. The summed E-state index contributed by atoms with van der Waals surface area (Å²) in [7, 11) is -0.00801. The van der Waals surface area contributed by atoms with Crippen LogP contribution < -0.4 is 14.9 Å². The average Bonchev–Trinajstić information content (AvgIpc) is 2.48. The van der Waals surface area contributed by atoms with Crippen LogP contribution in [0.2, 0.25) is 0 Å². The molecular formula is C14H23N3O2S. The van der Waals surface area contributed by atoms with Gasteiger partial charge in [-0.05, 0) is 51.5 Å². The maximum Gasteiger partial charge on any atom is 0.242 e. The number of hydrogen-bond acceptors (Lipinski definition) is 4. The van der Waals surface area contributed by atoms with Crippen molar-refractivity contribution < 1.29 is 8.42 Å². The fourth-order valence-electron chi connectivity index (χ4n) is 2.79. The maximum absolute atomic E-state index is 12.1. The number of hydrogen-bond donors (Lipinski definition) is 2. The molecule has 0 bridgehead atoms. The summed E-state index contributed by atoms with van der Waals surface area (Å²) < 4.78 is 26.6. The van der Waals surface area contributed by atoms with Crippen molar-refractivity contribution in [1.29, 1.82) is 0 Å². The van der Waals surface area contributed by atoms with Gasteiger partial charge in [-0.1, -0.05) is 12.1 Å². The third-order valence-corrected chi connectivity index (χ3v) is 5.24. The third-order valence-electron chi connectivity index (χ3n) is 3.78. The van der Waals surface area contributed by atoms with E-state index in [0.29, 0.717) is 10.8 Å². The molecule has 1 unspecified atom stereocenters. The Balaban J connectivity index is 2.29. The van der Waals surface area contributed by atoms with Crippen LogP contribution in [0.5, 0.6) is 0 Å². The van der Waals surface area contributed by atoms with Crippen LogP contribution in [-0.2, 0) is 10.0 Å². The summed E-state index contributed by atoms with van der Waals surface area (Å²) in [5.41, 5.74) is 0.808. The smallest absolute Gasteiger partial charge is 0.242 e. The molecule has 0 radical (unpaired) electrons. The third kappa shape index (κ3) is 3.31. The van der Waals surface area contributed by atoms with E-state index in [9.17, 15) is 8.42 Å². The summed E-state index contributed by atoms with van der Waals surface area (Å²) >= 11 is 0. The first kappa shape index (κ1) is 15.3. The Morgan fingerprint density at radius 1 is 1.30 bits per heavy atom. The molecule has 1 aromatic rings. The van der Waals surface area contributed by atoms with Crippen LogP contribution in [0.3, 0.4) is 0 Å². The molecule has 2 rings (SSSR count). The van der Waals surface area contributed by atoms with E-state index in [1.807, 2.05) is 19.2 Å². The van der Waals surface area contributed by atoms with Crippen LogP contribution in [0.4, 0.5) is 5.69 Å². The second-order valence-electron chi connectivity index (χ2n) is 5.19. The molecule has 1 aliphatic heterocycles. The normalized spacial score (nSPS) is 20.1. The highest BCUT2D eigenvalue weighted by molar-refractivity contribution is 7.89. The largest absolute Gasteiger partial charge is 0.370 e. The highest BCUT2D eigenvalue weighted by Crippen LogP contribution is 2.28. The van der Waals surface area contributed by atoms with E-state index in [1.54, 1.807) is 12.1 Å². The van der Waals surface area contributed by atoms with E-state index >= 15 is 0 Å². The van der Waals surface area contributed by atoms with Gasteiger partial charge in [-0.3, -0.25) is 0 Å². The Morgan fingerprint density at radius 2 is 2.05 bits per heavy atom. The van der Waals surface area contributed by atoms with Crippen molar-refractivity contribution in [1.82, 2.24) is 10.0 Å². The van der Waals surface area contributed by atoms with Gasteiger partial charge in [-0.2, -0.15) is 0 Å². The van der Waals surface area contributed by atoms with E-state index < -0.39 is 10.0 Å². The number of sulfonamides is 1. The predicted molar refractivity (Wildman–Crippen MR) is 81.6 cm³/mol. The number of para-hydroxylation sites is 1. The van der Waals surface area contributed by atoms with E-state index in [0.717, 1.165) is 31.7 Å². The van der Waals surface area contributed by atoms with Crippen molar-refractivity contribution in [3.05, 3.63) is 24.3 Å². The van der Waals surface area contributed by atoms with Crippen molar-refractivity contribution in [2.24, 2.45) is 5.92 Å². The van der Waals surface area contributed by atoms with E-state index in [-0.39, 0.29) is 0 Å². The van der Waals surface area contributed by atoms with Gasteiger partial charge in [0.05, 0.1) is 5.69 Å². The lowest BCUT2D eigenvalue weighted by molar-refractivity contribution is 0.401. The van der Waals surface area contributed by atoms with Crippen LogP contribution in [0, 0.1) is 5.92 Å². The Bertz CT molecular complexity index is 543. The summed E-state index contributed by atoms with van der Waals surface area (Å²) in [6.07, 6.45) is 2.29. The molecule has 112 valence electrons. The highest BCUT2D eigenvalue weighted by atomic mass is 32.2. The molecule has 6 heteroatoms. The van der Waals surface area contributed by atoms with Crippen molar-refractivity contribution in [3.8, 4) is 0 Å². The number of anilines is 1. The van der Waals surface area contributed by atoms with Gasteiger partial charge in [-0.25, -0.2) is 13.1 Å². The van der Waals surface area contributed by atoms with Crippen molar-refractivity contribution >= 4 is 15.7 Å². The summed E-state index contributed by atoms with van der Waals surface area (Å²) in [5, 5.41) is 3.21. The Labute approximate surface area is 121 Å². The summed E-state index contributed by atoms with van der Waals surface area (Å²) in [5.74, 6) is 0.569. The topological polar surface area (TPSA) is 61.4 Å². The molecule has 1 aliphatic rings. The summed E-state index contributed by atoms with van der Waals surface area (Å²) in [6.45, 7) is 2.78. The Morgan fingerprint density at radius 3 is 2.75 bits per heavy atom. The van der Waals surface area contributed by atoms with Gasteiger partial charge < -0.3 is 10.2 Å². The van der Waals surface area contributed by atoms with Gasteiger partial charge in [0.25, 0.3) is 0 Å². The molecular weight excluding hydrogens is 274 g/mol. The first-order valence-corrected chi connectivity index (χ1v) is 8.49. The zero-order chi connectivity index (χ0) is 14.6. The summed E-state index contributed by atoms with van der Waals surface area (Å²) in [6, 6.07) is 7.23. The van der Waals surface area contributed by atoms with Gasteiger partial charge in [0.2, 0.25) is 10.0 Å². The van der Waals surface area contributed by atoms with Crippen molar-refractivity contribution in [2.45, 2.75) is 17.7 Å².